The lowest BCUT2D eigenvalue weighted by atomic mass is 10.2. The first kappa shape index (κ1) is 16.3. The lowest BCUT2D eigenvalue weighted by Crippen LogP contribution is -2.27. The third-order valence-electron chi connectivity index (χ3n) is 2.54. The van der Waals surface area contributed by atoms with Gasteiger partial charge in [-0.3, -0.25) is 4.79 Å². The fourth-order valence-corrected chi connectivity index (χ4v) is 1.68. The van der Waals surface area contributed by atoms with Crippen molar-refractivity contribution in [2.24, 2.45) is 0 Å². The van der Waals surface area contributed by atoms with Crippen LogP contribution >= 0.6 is 0 Å². The molecule has 1 aromatic rings. The van der Waals surface area contributed by atoms with Gasteiger partial charge >= 0.3 is 0 Å². The zero-order valence-electron chi connectivity index (χ0n) is 12.4. The average molecular weight is 281 g/mol. The van der Waals surface area contributed by atoms with Gasteiger partial charge in [0.15, 0.2) is 11.5 Å². The molecule has 0 heterocycles. The SMILES string of the molecule is CCOCCNC(=O)c1ccc(OCC)c(OCC)c1. The number of benzene rings is 1. The summed E-state index contributed by atoms with van der Waals surface area (Å²) >= 11 is 0. The van der Waals surface area contributed by atoms with E-state index in [4.69, 9.17) is 14.2 Å². The van der Waals surface area contributed by atoms with Crippen LogP contribution in [0.2, 0.25) is 0 Å². The predicted molar refractivity (Wildman–Crippen MR) is 77.6 cm³/mol. The van der Waals surface area contributed by atoms with E-state index in [0.717, 1.165) is 0 Å². The first-order chi connectivity index (χ1) is 9.72. The normalized spacial score (nSPS) is 10.2. The number of carbonyl (C=O) groups excluding carboxylic acids is 1. The van der Waals surface area contributed by atoms with Gasteiger partial charge in [-0.1, -0.05) is 0 Å². The van der Waals surface area contributed by atoms with Crippen LogP contribution in [0.1, 0.15) is 31.1 Å². The Morgan fingerprint density at radius 2 is 1.75 bits per heavy atom. The molecule has 20 heavy (non-hydrogen) atoms. The van der Waals surface area contributed by atoms with Crippen molar-refractivity contribution in [3.8, 4) is 11.5 Å². The second kappa shape index (κ2) is 9.20. The van der Waals surface area contributed by atoms with Crippen molar-refractivity contribution in [3.05, 3.63) is 23.8 Å². The van der Waals surface area contributed by atoms with Crippen LogP contribution in [-0.2, 0) is 4.74 Å². The van der Waals surface area contributed by atoms with E-state index in [1.54, 1.807) is 18.2 Å². The van der Waals surface area contributed by atoms with Gasteiger partial charge in [0.25, 0.3) is 5.91 Å². The molecule has 0 radical (unpaired) electrons. The smallest absolute Gasteiger partial charge is 0.251 e. The number of hydrogen-bond donors (Lipinski definition) is 1. The van der Waals surface area contributed by atoms with Crippen molar-refractivity contribution in [2.45, 2.75) is 20.8 Å². The third-order valence-corrected chi connectivity index (χ3v) is 2.54. The van der Waals surface area contributed by atoms with Crippen molar-refractivity contribution >= 4 is 5.91 Å². The number of rotatable bonds is 9. The first-order valence-electron chi connectivity index (χ1n) is 6.98. The fraction of sp³-hybridized carbons (Fsp3) is 0.533. The van der Waals surface area contributed by atoms with E-state index in [0.29, 0.717) is 50.0 Å². The van der Waals surface area contributed by atoms with Crippen molar-refractivity contribution in [1.82, 2.24) is 5.32 Å². The summed E-state index contributed by atoms with van der Waals surface area (Å²) in [5.41, 5.74) is 0.549. The van der Waals surface area contributed by atoms with E-state index in [1.807, 2.05) is 20.8 Å². The summed E-state index contributed by atoms with van der Waals surface area (Å²) in [6, 6.07) is 5.18. The molecular formula is C15H23NO4. The quantitative estimate of drug-likeness (QED) is 0.705. The molecular weight excluding hydrogens is 258 g/mol. The molecule has 0 bridgehead atoms. The average Bonchev–Trinajstić information content (AvgIpc) is 2.45. The fourth-order valence-electron chi connectivity index (χ4n) is 1.68. The Hall–Kier alpha value is -1.75. The molecule has 1 aromatic carbocycles. The Balaban J connectivity index is 2.69. The van der Waals surface area contributed by atoms with Gasteiger partial charge in [0, 0.05) is 18.7 Å². The highest BCUT2D eigenvalue weighted by molar-refractivity contribution is 5.94. The topological polar surface area (TPSA) is 56.8 Å². The highest BCUT2D eigenvalue weighted by atomic mass is 16.5. The Morgan fingerprint density at radius 3 is 2.40 bits per heavy atom. The van der Waals surface area contributed by atoms with E-state index in [9.17, 15) is 4.79 Å². The standard InChI is InChI=1S/C15H23NO4/c1-4-18-10-9-16-15(17)12-7-8-13(19-5-2)14(11-12)20-6-3/h7-8,11H,4-6,9-10H2,1-3H3,(H,16,17). The van der Waals surface area contributed by atoms with Gasteiger partial charge in [-0.2, -0.15) is 0 Å². The van der Waals surface area contributed by atoms with Crippen LogP contribution < -0.4 is 14.8 Å². The lowest BCUT2D eigenvalue weighted by molar-refractivity contribution is 0.0922. The van der Waals surface area contributed by atoms with Gasteiger partial charge in [-0.05, 0) is 39.0 Å². The highest BCUT2D eigenvalue weighted by Crippen LogP contribution is 2.28. The molecule has 0 aromatic heterocycles. The molecule has 0 saturated carbocycles. The molecule has 1 rings (SSSR count). The minimum Gasteiger partial charge on any atom is -0.490 e. The summed E-state index contributed by atoms with van der Waals surface area (Å²) in [4.78, 5) is 12.0. The van der Waals surface area contributed by atoms with E-state index >= 15 is 0 Å². The van der Waals surface area contributed by atoms with Crippen LogP contribution in [0.5, 0.6) is 11.5 Å². The molecule has 0 aliphatic carbocycles. The summed E-state index contributed by atoms with van der Waals surface area (Å²) in [7, 11) is 0. The molecule has 0 spiro atoms. The minimum atomic E-state index is -0.145. The predicted octanol–water partition coefficient (Wildman–Crippen LogP) is 2.25. The molecule has 5 heteroatoms. The Bertz CT molecular complexity index is 420. The number of amides is 1. The summed E-state index contributed by atoms with van der Waals surface area (Å²) in [5, 5.41) is 2.79. The van der Waals surface area contributed by atoms with Crippen LogP contribution in [0.4, 0.5) is 0 Å². The molecule has 0 unspecified atom stereocenters. The Morgan fingerprint density at radius 1 is 1.05 bits per heavy atom. The van der Waals surface area contributed by atoms with Crippen molar-refractivity contribution < 1.29 is 19.0 Å². The highest BCUT2D eigenvalue weighted by Gasteiger charge is 2.11. The van der Waals surface area contributed by atoms with Gasteiger partial charge in [-0.15, -0.1) is 0 Å². The summed E-state index contributed by atoms with van der Waals surface area (Å²) in [6.07, 6.45) is 0. The van der Waals surface area contributed by atoms with E-state index in [-0.39, 0.29) is 5.91 Å². The second-order valence-corrected chi connectivity index (χ2v) is 3.98. The number of nitrogens with one attached hydrogen (secondary N) is 1. The molecule has 0 atom stereocenters. The molecule has 5 nitrogen and oxygen atoms in total. The molecule has 0 aliphatic heterocycles. The maximum Gasteiger partial charge on any atom is 0.251 e. The van der Waals surface area contributed by atoms with E-state index < -0.39 is 0 Å². The zero-order valence-corrected chi connectivity index (χ0v) is 12.4. The first-order valence-corrected chi connectivity index (χ1v) is 6.98. The number of hydrogen-bond acceptors (Lipinski definition) is 4. The minimum absolute atomic E-state index is 0.145. The van der Waals surface area contributed by atoms with Gasteiger partial charge in [-0.25, -0.2) is 0 Å². The maximum atomic E-state index is 12.0. The van der Waals surface area contributed by atoms with Crippen LogP contribution in [0, 0.1) is 0 Å². The van der Waals surface area contributed by atoms with Crippen LogP contribution in [-0.4, -0.2) is 38.9 Å². The van der Waals surface area contributed by atoms with Gasteiger partial charge in [0.2, 0.25) is 0 Å². The van der Waals surface area contributed by atoms with Crippen LogP contribution in [0.25, 0.3) is 0 Å². The maximum absolute atomic E-state index is 12.0. The van der Waals surface area contributed by atoms with Gasteiger partial charge in [0.05, 0.1) is 19.8 Å². The molecule has 0 aliphatic rings. The largest absolute Gasteiger partial charge is 0.490 e. The Labute approximate surface area is 120 Å². The second-order valence-electron chi connectivity index (χ2n) is 3.98. The van der Waals surface area contributed by atoms with Gasteiger partial charge in [0.1, 0.15) is 0 Å². The van der Waals surface area contributed by atoms with E-state index in [1.165, 1.54) is 0 Å². The van der Waals surface area contributed by atoms with Crippen LogP contribution in [0.3, 0.4) is 0 Å². The summed E-state index contributed by atoms with van der Waals surface area (Å²) in [5.74, 6) is 1.10. The molecule has 112 valence electrons. The number of carbonyl (C=O) groups is 1. The van der Waals surface area contributed by atoms with Crippen molar-refractivity contribution in [2.75, 3.05) is 33.0 Å². The van der Waals surface area contributed by atoms with Crippen molar-refractivity contribution in [1.29, 1.82) is 0 Å². The third kappa shape index (κ3) is 5.09. The molecule has 1 amide bonds. The van der Waals surface area contributed by atoms with Crippen LogP contribution in [0.15, 0.2) is 18.2 Å². The molecule has 0 fully saturated rings. The summed E-state index contributed by atoms with van der Waals surface area (Å²) < 4.78 is 16.1. The van der Waals surface area contributed by atoms with Gasteiger partial charge < -0.3 is 19.5 Å². The Kier molecular flexibility index (Phi) is 7.50. The van der Waals surface area contributed by atoms with Crippen molar-refractivity contribution in [3.63, 3.8) is 0 Å². The van der Waals surface area contributed by atoms with E-state index in [2.05, 4.69) is 5.32 Å². The molecule has 1 N–H and O–H groups in total. The zero-order chi connectivity index (χ0) is 14.8. The molecule has 0 saturated heterocycles. The number of ether oxygens (including phenoxy) is 3. The monoisotopic (exact) mass is 281 g/mol. The lowest BCUT2D eigenvalue weighted by Gasteiger charge is -2.12. The summed E-state index contributed by atoms with van der Waals surface area (Å²) in [6.45, 7) is 8.45.